The standard InChI is InChI=1S/C13H19BrN2O2/c1-18-8-4-7-10-15-12(9-5-2-3-6-9)11(14)13(17)16-10/h9H,2-8H2,1H3,(H,15,16,17). The quantitative estimate of drug-likeness (QED) is 0.850. The molecular formula is C13H19BrN2O2. The van der Waals surface area contributed by atoms with Crippen LogP contribution in [0.25, 0.3) is 0 Å². The molecule has 2 rings (SSSR count). The topological polar surface area (TPSA) is 55.0 Å². The van der Waals surface area contributed by atoms with Gasteiger partial charge in [0.15, 0.2) is 0 Å². The lowest BCUT2D eigenvalue weighted by atomic mass is 10.0. The number of aromatic amines is 1. The summed E-state index contributed by atoms with van der Waals surface area (Å²) in [6, 6.07) is 0. The highest BCUT2D eigenvalue weighted by atomic mass is 79.9. The number of aryl methyl sites for hydroxylation is 1. The number of halogens is 1. The van der Waals surface area contributed by atoms with Crippen molar-refractivity contribution in [3.8, 4) is 0 Å². The summed E-state index contributed by atoms with van der Waals surface area (Å²) in [5, 5.41) is 0. The zero-order chi connectivity index (χ0) is 13.0. The third-order valence-electron chi connectivity index (χ3n) is 3.44. The average molecular weight is 315 g/mol. The summed E-state index contributed by atoms with van der Waals surface area (Å²) in [5.74, 6) is 1.23. The molecule has 0 radical (unpaired) electrons. The molecule has 0 aromatic carbocycles. The highest BCUT2D eigenvalue weighted by molar-refractivity contribution is 9.10. The fraction of sp³-hybridized carbons (Fsp3) is 0.692. The van der Waals surface area contributed by atoms with Gasteiger partial charge in [-0.2, -0.15) is 0 Å². The minimum absolute atomic E-state index is 0.0562. The van der Waals surface area contributed by atoms with Gasteiger partial charge < -0.3 is 9.72 Å². The number of ether oxygens (including phenoxy) is 1. The van der Waals surface area contributed by atoms with Crippen LogP contribution in [0, 0.1) is 0 Å². The van der Waals surface area contributed by atoms with Crippen molar-refractivity contribution in [2.24, 2.45) is 0 Å². The van der Waals surface area contributed by atoms with Gasteiger partial charge in [0.1, 0.15) is 10.3 Å². The zero-order valence-electron chi connectivity index (χ0n) is 10.7. The molecule has 0 amide bonds. The predicted octanol–water partition coefficient (Wildman–Crippen LogP) is 2.77. The van der Waals surface area contributed by atoms with Gasteiger partial charge in [-0.3, -0.25) is 4.79 Å². The first-order valence-corrected chi connectivity index (χ1v) is 7.29. The van der Waals surface area contributed by atoms with Crippen LogP contribution >= 0.6 is 15.9 Å². The van der Waals surface area contributed by atoms with Crippen LogP contribution in [0.5, 0.6) is 0 Å². The van der Waals surface area contributed by atoms with E-state index < -0.39 is 0 Å². The zero-order valence-corrected chi connectivity index (χ0v) is 12.3. The second-order valence-electron chi connectivity index (χ2n) is 4.79. The van der Waals surface area contributed by atoms with E-state index in [0.717, 1.165) is 37.2 Å². The summed E-state index contributed by atoms with van der Waals surface area (Å²) < 4.78 is 5.63. The van der Waals surface area contributed by atoms with Gasteiger partial charge in [-0.1, -0.05) is 12.8 Å². The van der Waals surface area contributed by atoms with Gasteiger partial charge in [0, 0.05) is 26.1 Å². The molecule has 0 aliphatic heterocycles. The molecule has 0 bridgehead atoms. The van der Waals surface area contributed by atoms with Gasteiger partial charge in [-0.05, 0) is 35.2 Å². The number of methoxy groups -OCH3 is 1. The van der Waals surface area contributed by atoms with Crippen molar-refractivity contribution in [3.05, 3.63) is 26.3 Å². The molecule has 100 valence electrons. The highest BCUT2D eigenvalue weighted by Crippen LogP contribution is 2.35. The molecule has 0 spiro atoms. The molecule has 1 heterocycles. The second-order valence-corrected chi connectivity index (χ2v) is 5.58. The molecule has 1 aromatic rings. The molecule has 1 N–H and O–H groups in total. The number of nitrogens with one attached hydrogen (secondary N) is 1. The summed E-state index contributed by atoms with van der Waals surface area (Å²) in [6.07, 6.45) is 6.41. The highest BCUT2D eigenvalue weighted by Gasteiger charge is 2.22. The van der Waals surface area contributed by atoms with Crippen LogP contribution in [-0.4, -0.2) is 23.7 Å². The van der Waals surface area contributed by atoms with Gasteiger partial charge in [0.25, 0.3) is 5.56 Å². The largest absolute Gasteiger partial charge is 0.385 e. The number of H-pyrrole nitrogens is 1. The van der Waals surface area contributed by atoms with E-state index in [1.54, 1.807) is 7.11 Å². The Morgan fingerprint density at radius 3 is 2.83 bits per heavy atom. The third kappa shape index (κ3) is 3.20. The Kier molecular flexibility index (Phi) is 4.95. The van der Waals surface area contributed by atoms with Crippen LogP contribution in [0.2, 0.25) is 0 Å². The first kappa shape index (κ1) is 13.7. The second kappa shape index (κ2) is 6.48. The van der Waals surface area contributed by atoms with Crippen LogP contribution in [0.1, 0.15) is 49.5 Å². The molecule has 1 saturated carbocycles. The normalized spacial score (nSPS) is 16.3. The van der Waals surface area contributed by atoms with E-state index in [0.29, 0.717) is 17.0 Å². The minimum Gasteiger partial charge on any atom is -0.385 e. The molecule has 1 aliphatic carbocycles. The van der Waals surface area contributed by atoms with Crippen molar-refractivity contribution in [2.45, 2.75) is 44.4 Å². The maximum absolute atomic E-state index is 11.9. The van der Waals surface area contributed by atoms with E-state index in [9.17, 15) is 4.79 Å². The van der Waals surface area contributed by atoms with E-state index >= 15 is 0 Å². The van der Waals surface area contributed by atoms with Gasteiger partial charge >= 0.3 is 0 Å². The Bertz CT molecular complexity index is 453. The Hall–Kier alpha value is -0.680. The first-order chi connectivity index (χ1) is 8.72. The van der Waals surface area contributed by atoms with Crippen LogP contribution in [0.3, 0.4) is 0 Å². The number of nitrogens with zero attached hydrogens (tertiary/aromatic N) is 1. The van der Waals surface area contributed by atoms with Gasteiger partial charge in [-0.15, -0.1) is 0 Å². The number of rotatable bonds is 5. The van der Waals surface area contributed by atoms with Crippen molar-refractivity contribution in [1.29, 1.82) is 0 Å². The Morgan fingerprint density at radius 2 is 2.17 bits per heavy atom. The van der Waals surface area contributed by atoms with Crippen molar-refractivity contribution in [1.82, 2.24) is 9.97 Å². The molecule has 0 atom stereocenters. The molecule has 18 heavy (non-hydrogen) atoms. The van der Waals surface area contributed by atoms with Crippen LogP contribution < -0.4 is 5.56 Å². The van der Waals surface area contributed by atoms with Crippen molar-refractivity contribution in [2.75, 3.05) is 13.7 Å². The van der Waals surface area contributed by atoms with Crippen molar-refractivity contribution >= 4 is 15.9 Å². The van der Waals surface area contributed by atoms with Crippen LogP contribution in [0.15, 0.2) is 9.27 Å². The molecule has 0 unspecified atom stereocenters. The maximum Gasteiger partial charge on any atom is 0.265 e. The van der Waals surface area contributed by atoms with E-state index in [4.69, 9.17) is 4.74 Å². The number of hydrogen-bond acceptors (Lipinski definition) is 3. The van der Waals surface area contributed by atoms with E-state index in [1.165, 1.54) is 12.8 Å². The number of hydrogen-bond donors (Lipinski definition) is 1. The smallest absolute Gasteiger partial charge is 0.265 e. The first-order valence-electron chi connectivity index (χ1n) is 6.50. The minimum atomic E-state index is -0.0562. The summed E-state index contributed by atoms with van der Waals surface area (Å²) in [7, 11) is 1.68. The molecule has 5 heteroatoms. The summed E-state index contributed by atoms with van der Waals surface area (Å²) in [5.41, 5.74) is 0.892. The summed E-state index contributed by atoms with van der Waals surface area (Å²) in [4.78, 5) is 19.3. The summed E-state index contributed by atoms with van der Waals surface area (Å²) >= 11 is 3.38. The Labute approximate surface area is 115 Å². The van der Waals surface area contributed by atoms with Gasteiger partial charge in [0.05, 0.1) is 5.69 Å². The van der Waals surface area contributed by atoms with Crippen LogP contribution in [-0.2, 0) is 11.2 Å². The van der Waals surface area contributed by atoms with E-state index in [1.807, 2.05) is 0 Å². The predicted molar refractivity (Wildman–Crippen MR) is 74.0 cm³/mol. The summed E-state index contributed by atoms with van der Waals surface area (Å²) in [6.45, 7) is 0.693. The number of aromatic nitrogens is 2. The van der Waals surface area contributed by atoms with E-state index in [2.05, 4.69) is 25.9 Å². The molecule has 4 nitrogen and oxygen atoms in total. The van der Waals surface area contributed by atoms with Crippen molar-refractivity contribution in [3.63, 3.8) is 0 Å². The monoisotopic (exact) mass is 314 g/mol. The third-order valence-corrected chi connectivity index (χ3v) is 4.21. The fourth-order valence-electron chi connectivity index (χ4n) is 2.50. The average Bonchev–Trinajstić information content (AvgIpc) is 2.87. The lowest BCUT2D eigenvalue weighted by Crippen LogP contribution is -2.17. The molecule has 0 saturated heterocycles. The molecule has 1 fully saturated rings. The lowest BCUT2D eigenvalue weighted by Gasteiger charge is -2.12. The van der Waals surface area contributed by atoms with E-state index in [-0.39, 0.29) is 5.56 Å². The molecule has 1 aliphatic rings. The van der Waals surface area contributed by atoms with Gasteiger partial charge in [-0.25, -0.2) is 4.98 Å². The Balaban J connectivity index is 2.19. The Morgan fingerprint density at radius 1 is 1.44 bits per heavy atom. The molecular weight excluding hydrogens is 296 g/mol. The van der Waals surface area contributed by atoms with Crippen molar-refractivity contribution < 1.29 is 4.74 Å². The fourth-order valence-corrected chi connectivity index (χ4v) is 3.01. The maximum atomic E-state index is 11.9. The molecule has 1 aromatic heterocycles. The van der Waals surface area contributed by atoms with Crippen LogP contribution in [0.4, 0.5) is 0 Å². The lowest BCUT2D eigenvalue weighted by molar-refractivity contribution is 0.194. The van der Waals surface area contributed by atoms with Gasteiger partial charge in [0.2, 0.25) is 0 Å². The SMILES string of the molecule is COCCCc1nc(C2CCCC2)c(Br)c(=O)[nH]1.